The second-order valence-corrected chi connectivity index (χ2v) is 5.01. The zero-order chi connectivity index (χ0) is 13.8. The van der Waals surface area contributed by atoms with Crippen molar-refractivity contribution >= 4 is 17.9 Å². The third-order valence-electron chi connectivity index (χ3n) is 2.59. The Kier molecular flexibility index (Phi) is 4.52. The molecule has 3 amide bonds. The number of nitrogens with zero attached hydrogens (tertiary/aromatic N) is 1. The van der Waals surface area contributed by atoms with Crippen LogP contribution in [0.5, 0.6) is 0 Å². The second-order valence-electron chi connectivity index (χ2n) is 5.01. The van der Waals surface area contributed by atoms with Gasteiger partial charge in [-0.05, 0) is 20.3 Å². The molecule has 1 rings (SSSR count). The van der Waals surface area contributed by atoms with Gasteiger partial charge in [-0.3, -0.25) is 9.59 Å². The van der Waals surface area contributed by atoms with E-state index in [9.17, 15) is 14.4 Å². The number of urea groups is 1. The first kappa shape index (κ1) is 14.3. The van der Waals surface area contributed by atoms with Crippen LogP contribution >= 0.6 is 0 Å². The van der Waals surface area contributed by atoms with Gasteiger partial charge >= 0.3 is 12.0 Å². The predicted octanol–water partition coefficient (Wildman–Crippen LogP) is -0.229. The van der Waals surface area contributed by atoms with E-state index in [-0.39, 0.29) is 18.9 Å². The van der Waals surface area contributed by atoms with Crippen molar-refractivity contribution in [3.05, 3.63) is 0 Å². The molecule has 0 unspecified atom stereocenters. The van der Waals surface area contributed by atoms with Gasteiger partial charge in [-0.15, -0.1) is 0 Å². The fourth-order valence-corrected chi connectivity index (χ4v) is 1.77. The number of amides is 3. The van der Waals surface area contributed by atoms with Crippen molar-refractivity contribution in [1.82, 2.24) is 15.5 Å². The normalized spacial score (nSPS) is 16.8. The third-order valence-corrected chi connectivity index (χ3v) is 2.59. The molecule has 1 saturated heterocycles. The van der Waals surface area contributed by atoms with Crippen molar-refractivity contribution in [3.63, 3.8) is 0 Å². The van der Waals surface area contributed by atoms with E-state index in [2.05, 4.69) is 10.6 Å². The molecular weight excluding hydrogens is 238 g/mol. The highest BCUT2D eigenvalue weighted by atomic mass is 16.4. The summed E-state index contributed by atoms with van der Waals surface area (Å²) in [6, 6.07) is -0.404. The van der Waals surface area contributed by atoms with E-state index in [1.54, 1.807) is 13.8 Å². The fourth-order valence-electron chi connectivity index (χ4n) is 1.77. The zero-order valence-corrected chi connectivity index (χ0v) is 10.7. The van der Waals surface area contributed by atoms with Gasteiger partial charge in [0.25, 0.3) is 0 Å². The fraction of sp³-hybridized carbons (Fsp3) is 0.727. The minimum atomic E-state index is -0.978. The van der Waals surface area contributed by atoms with E-state index in [0.29, 0.717) is 19.5 Å². The lowest BCUT2D eigenvalue weighted by Crippen LogP contribution is -2.52. The van der Waals surface area contributed by atoms with Crippen molar-refractivity contribution in [2.24, 2.45) is 0 Å². The Labute approximate surface area is 106 Å². The molecule has 0 radical (unpaired) electrons. The number of rotatable bonds is 3. The van der Waals surface area contributed by atoms with Crippen LogP contribution in [0.2, 0.25) is 0 Å². The molecule has 0 aromatic rings. The number of carboxylic acid groups (broad SMARTS) is 1. The second kappa shape index (κ2) is 5.70. The van der Waals surface area contributed by atoms with Crippen LogP contribution in [0.25, 0.3) is 0 Å². The summed E-state index contributed by atoms with van der Waals surface area (Å²) in [5.41, 5.74) is -0.842. The molecule has 1 aliphatic heterocycles. The number of carboxylic acids is 1. The van der Waals surface area contributed by atoms with Crippen LogP contribution in [0.4, 0.5) is 4.79 Å². The maximum absolute atomic E-state index is 11.9. The van der Waals surface area contributed by atoms with Crippen LogP contribution in [0, 0.1) is 0 Å². The summed E-state index contributed by atoms with van der Waals surface area (Å²) in [4.78, 5) is 35.3. The van der Waals surface area contributed by atoms with Crippen LogP contribution in [-0.2, 0) is 9.59 Å². The minimum Gasteiger partial charge on any atom is -0.481 e. The molecule has 18 heavy (non-hydrogen) atoms. The lowest BCUT2D eigenvalue weighted by atomic mass is 10.0. The summed E-state index contributed by atoms with van der Waals surface area (Å²) < 4.78 is 0. The molecule has 0 bridgehead atoms. The van der Waals surface area contributed by atoms with Crippen LogP contribution in [-0.4, -0.2) is 53.1 Å². The number of hydrogen-bond acceptors (Lipinski definition) is 3. The molecule has 1 heterocycles. The van der Waals surface area contributed by atoms with Crippen LogP contribution in [0.3, 0.4) is 0 Å². The molecule has 1 aliphatic rings. The molecule has 0 spiro atoms. The maximum atomic E-state index is 11.9. The highest BCUT2D eigenvalue weighted by Gasteiger charge is 2.27. The molecule has 0 aliphatic carbocycles. The van der Waals surface area contributed by atoms with Gasteiger partial charge in [0.2, 0.25) is 5.91 Å². The molecule has 102 valence electrons. The summed E-state index contributed by atoms with van der Waals surface area (Å²) in [5, 5.41) is 14.0. The topological polar surface area (TPSA) is 98.7 Å². The van der Waals surface area contributed by atoms with Gasteiger partial charge in [0.05, 0.1) is 6.42 Å². The molecule has 0 atom stereocenters. The molecule has 7 nitrogen and oxygen atoms in total. The van der Waals surface area contributed by atoms with Crippen molar-refractivity contribution in [2.45, 2.75) is 32.2 Å². The SMILES string of the molecule is CC(C)(CC(=O)O)NC(=O)N1CCCNC(=O)C1. The Morgan fingerprint density at radius 2 is 2.17 bits per heavy atom. The molecule has 0 saturated carbocycles. The Morgan fingerprint density at radius 1 is 1.50 bits per heavy atom. The Morgan fingerprint density at radius 3 is 2.78 bits per heavy atom. The molecule has 0 aromatic carbocycles. The van der Waals surface area contributed by atoms with Crippen molar-refractivity contribution in [3.8, 4) is 0 Å². The Balaban J connectivity index is 2.58. The first-order valence-electron chi connectivity index (χ1n) is 5.86. The minimum absolute atomic E-state index is 0.00891. The van der Waals surface area contributed by atoms with Crippen LogP contribution in [0.15, 0.2) is 0 Å². The number of aliphatic carboxylic acids is 1. The average molecular weight is 257 g/mol. The third kappa shape index (κ3) is 4.60. The van der Waals surface area contributed by atoms with Gasteiger partial charge in [-0.2, -0.15) is 0 Å². The van der Waals surface area contributed by atoms with E-state index >= 15 is 0 Å². The zero-order valence-electron chi connectivity index (χ0n) is 10.7. The summed E-state index contributed by atoms with van der Waals surface area (Å²) in [6.45, 7) is 4.32. The highest BCUT2D eigenvalue weighted by Crippen LogP contribution is 2.09. The summed E-state index contributed by atoms with van der Waals surface area (Å²) in [6.07, 6.45) is 0.525. The van der Waals surface area contributed by atoms with E-state index < -0.39 is 17.5 Å². The van der Waals surface area contributed by atoms with Crippen LogP contribution in [0.1, 0.15) is 26.7 Å². The monoisotopic (exact) mass is 257 g/mol. The first-order valence-corrected chi connectivity index (χ1v) is 5.86. The van der Waals surface area contributed by atoms with E-state index in [1.807, 2.05) is 0 Å². The smallest absolute Gasteiger partial charge is 0.318 e. The number of nitrogens with one attached hydrogen (secondary N) is 2. The van der Waals surface area contributed by atoms with Crippen LogP contribution < -0.4 is 10.6 Å². The van der Waals surface area contributed by atoms with Gasteiger partial charge in [0.15, 0.2) is 0 Å². The molecule has 1 fully saturated rings. The number of hydrogen-bond donors (Lipinski definition) is 3. The maximum Gasteiger partial charge on any atom is 0.318 e. The molecular formula is C11H19N3O4. The van der Waals surface area contributed by atoms with Gasteiger partial charge in [-0.1, -0.05) is 0 Å². The van der Waals surface area contributed by atoms with E-state index in [0.717, 1.165) is 0 Å². The van der Waals surface area contributed by atoms with Crippen molar-refractivity contribution in [1.29, 1.82) is 0 Å². The average Bonchev–Trinajstić information content (AvgIpc) is 2.39. The molecule has 7 heteroatoms. The van der Waals surface area contributed by atoms with E-state index in [1.165, 1.54) is 4.90 Å². The van der Waals surface area contributed by atoms with Crippen molar-refractivity contribution < 1.29 is 19.5 Å². The van der Waals surface area contributed by atoms with Gasteiger partial charge < -0.3 is 20.6 Å². The highest BCUT2D eigenvalue weighted by molar-refractivity contribution is 5.85. The molecule has 0 aromatic heterocycles. The lowest BCUT2D eigenvalue weighted by molar-refractivity contribution is -0.138. The summed E-state index contributed by atoms with van der Waals surface area (Å²) >= 11 is 0. The Bertz CT molecular complexity index is 354. The molecule has 3 N–H and O–H groups in total. The van der Waals surface area contributed by atoms with E-state index in [4.69, 9.17) is 5.11 Å². The first-order chi connectivity index (χ1) is 8.30. The quantitative estimate of drug-likeness (QED) is 0.650. The predicted molar refractivity (Wildman–Crippen MR) is 64.1 cm³/mol. The number of carbonyl (C=O) groups excluding carboxylic acids is 2. The summed E-state index contributed by atoms with van der Waals surface area (Å²) in [5.74, 6) is -1.17. The standard InChI is InChI=1S/C11H19N3O4/c1-11(2,6-9(16)17)13-10(18)14-5-3-4-12-8(15)7-14/h3-7H2,1-2H3,(H,12,15)(H,13,18)(H,16,17). The number of carbonyl (C=O) groups is 3. The summed E-state index contributed by atoms with van der Waals surface area (Å²) in [7, 11) is 0. The lowest BCUT2D eigenvalue weighted by Gasteiger charge is -2.28. The largest absolute Gasteiger partial charge is 0.481 e. The van der Waals surface area contributed by atoms with Gasteiger partial charge in [0.1, 0.15) is 6.54 Å². The van der Waals surface area contributed by atoms with Gasteiger partial charge in [0, 0.05) is 18.6 Å². The Hall–Kier alpha value is -1.79. The van der Waals surface area contributed by atoms with Crippen molar-refractivity contribution in [2.75, 3.05) is 19.6 Å². The van der Waals surface area contributed by atoms with Gasteiger partial charge in [-0.25, -0.2) is 4.79 Å².